The van der Waals surface area contributed by atoms with Gasteiger partial charge in [-0.15, -0.1) is 0 Å². The van der Waals surface area contributed by atoms with Crippen molar-refractivity contribution in [3.63, 3.8) is 0 Å². The number of nitrogens with zero attached hydrogens (tertiary/aromatic N) is 3. The van der Waals surface area contributed by atoms with Gasteiger partial charge in [0.25, 0.3) is 0 Å². The van der Waals surface area contributed by atoms with Gasteiger partial charge in [-0.25, -0.2) is 14.5 Å². The number of unbranched alkanes of at least 4 members (excludes halogenated alkanes) is 1. The van der Waals surface area contributed by atoms with E-state index in [1.165, 1.54) is 12.1 Å². The Kier molecular flexibility index (Phi) is 7.59. The minimum atomic E-state index is -4.91. The molecule has 12 heteroatoms. The van der Waals surface area contributed by atoms with Crippen LogP contribution in [0.3, 0.4) is 0 Å². The molecule has 2 heterocycles. The lowest BCUT2D eigenvalue weighted by molar-refractivity contribution is -0.149. The first-order valence-electron chi connectivity index (χ1n) is 18.4. The Balaban J connectivity index is 1.80. The van der Waals surface area contributed by atoms with Gasteiger partial charge in [0.05, 0.1) is 29.8 Å². The van der Waals surface area contributed by atoms with Gasteiger partial charge in [0.15, 0.2) is 5.82 Å². The van der Waals surface area contributed by atoms with Crippen molar-refractivity contribution >= 4 is 41.5 Å². The van der Waals surface area contributed by atoms with E-state index in [2.05, 4.69) is 10.1 Å². The molecule has 3 N–H and O–H groups in total. The number of benzene rings is 2. The summed E-state index contributed by atoms with van der Waals surface area (Å²) in [7, 11) is -4.91. The van der Waals surface area contributed by atoms with Crippen molar-refractivity contribution in [3.8, 4) is 5.75 Å². The molecule has 4 rings (SSSR count). The Labute approximate surface area is 265 Å². The predicted molar refractivity (Wildman–Crippen MR) is 168 cm³/mol. The highest BCUT2D eigenvalue weighted by molar-refractivity contribution is 7.52. The molecule has 11 nitrogen and oxygen atoms in total. The van der Waals surface area contributed by atoms with Crippen molar-refractivity contribution in [3.05, 3.63) is 60.4 Å². The fourth-order valence-electron chi connectivity index (χ4n) is 4.57. The SMILES string of the molecule is [2H]C([2H])([2H])C(OC(=O)[C@@H](N[P@](=O)(OC[C@@H](CCCC)n1c(COCC)nc2c(N)nc3ccccc3c21)Oc1ccccc1)C([2H])([2H])[2H])C([2H])([2H])[2H]. The molecule has 232 valence electrons. The van der Waals surface area contributed by atoms with Gasteiger partial charge < -0.3 is 24.3 Å². The first-order valence-corrected chi connectivity index (χ1v) is 15.4. The zero-order chi connectivity index (χ0) is 38.5. The van der Waals surface area contributed by atoms with Gasteiger partial charge in [0.2, 0.25) is 0 Å². The Morgan fingerprint density at radius 1 is 1.09 bits per heavy atom. The Morgan fingerprint density at radius 2 is 1.86 bits per heavy atom. The molecule has 43 heavy (non-hydrogen) atoms. The standard InChI is InChI=1S/C31H42N5O6P/c1-6-8-14-23(19-40-43(38,42-24-15-10-9-11-16-24)35-22(5)31(37)41-21(3)4)36-27(20-39-7-2)34-28-29(36)25-17-12-13-18-26(25)33-30(28)32/h9-13,15-18,21-23H,6-8,14,19-20H2,1-5H3,(H2,32,33)(H,35,38)/t22-,23+,43-/m0/s1/i3D3,4D3,5D3. The molecule has 0 bridgehead atoms. The molecule has 0 aliphatic heterocycles. The van der Waals surface area contributed by atoms with E-state index in [0.717, 1.165) is 6.42 Å². The van der Waals surface area contributed by atoms with Crippen LogP contribution in [0.4, 0.5) is 5.82 Å². The molecule has 0 amide bonds. The fraction of sp³-hybridized carbons (Fsp3) is 0.452. The zero-order valence-electron chi connectivity index (χ0n) is 33.0. The molecular weight excluding hydrogens is 569 g/mol. The van der Waals surface area contributed by atoms with Crippen LogP contribution in [0.15, 0.2) is 54.6 Å². The monoisotopic (exact) mass is 620 g/mol. The van der Waals surface area contributed by atoms with E-state index in [9.17, 15) is 9.36 Å². The maximum atomic E-state index is 14.6. The number of para-hydroxylation sites is 2. The number of carbonyl (C=O) groups is 1. The number of nitrogens with two attached hydrogens (primary N) is 1. The summed E-state index contributed by atoms with van der Waals surface area (Å²) in [4.78, 5) is 22.6. The highest BCUT2D eigenvalue weighted by Crippen LogP contribution is 2.46. The lowest BCUT2D eigenvalue weighted by Crippen LogP contribution is -2.36. The molecule has 0 saturated heterocycles. The molecule has 0 aliphatic carbocycles. The maximum Gasteiger partial charge on any atom is 0.459 e. The summed E-state index contributed by atoms with van der Waals surface area (Å²) in [5.74, 6) is -1.21. The van der Waals surface area contributed by atoms with Gasteiger partial charge in [-0.2, -0.15) is 5.09 Å². The highest BCUT2D eigenvalue weighted by Gasteiger charge is 2.34. The first-order chi connectivity index (χ1) is 24.3. The van der Waals surface area contributed by atoms with Crippen molar-refractivity contribution in [2.75, 3.05) is 18.9 Å². The van der Waals surface area contributed by atoms with E-state index in [0.29, 0.717) is 47.2 Å². The number of nitrogen functional groups attached to an aromatic ring is 1. The number of carbonyl (C=O) groups excluding carboxylic acids is 1. The van der Waals surface area contributed by atoms with Crippen LogP contribution in [0.2, 0.25) is 0 Å². The summed E-state index contributed by atoms with van der Waals surface area (Å²) >= 11 is 0. The Morgan fingerprint density at radius 3 is 2.58 bits per heavy atom. The van der Waals surface area contributed by atoms with Crippen LogP contribution < -0.4 is 15.3 Å². The van der Waals surface area contributed by atoms with Crippen molar-refractivity contribution in [2.45, 2.75) is 78.5 Å². The van der Waals surface area contributed by atoms with Crippen LogP contribution in [0, 0.1) is 0 Å². The highest BCUT2D eigenvalue weighted by atomic mass is 31.2. The number of esters is 1. The summed E-state index contributed by atoms with van der Waals surface area (Å²) in [5.41, 5.74) is 7.98. The van der Waals surface area contributed by atoms with Gasteiger partial charge in [0.1, 0.15) is 29.7 Å². The number of rotatable bonds is 16. The molecule has 2 aromatic heterocycles. The van der Waals surface area contributed by atoms with Crippen molar-refractivity contribution < 1.29 is 40.2 Å². The molecule has 4 aromatic rings. The van der Waals surface area contributed by atoms with Crippen LogP contribution in [-0.2, 0) is 30.0 Å². The van der Waals surface area contributed by atoms with Gasteiger partial charge >= 0.3 is 13.7 Å². The van der Waals surface area contributed by atoms with Crippen LogP contribution in [-0.4, -0.2) is 45.9 Å². The van der Waals surface area contributed by atoms with Crippen molar-refractivity contribution in [2.24, 2.45) is 0 Å². The molecule has 0 aliphatic rings. The lowest BCUT2D eigenvalue weighted by atomic mass is 10.1. The fourth-order valence-corrected chi connectivity index (χ4v) is 5.94. The number of fused-ring (bicyclic) bond motifs is 3. The predicted octanol–water partition coefficient (Wildman–Crippen LogP) is 6.57. The summed E-state index contributed by atoms with van der Waals surface area (Å²) < 4.78 is 108. The molecule has 0 fully saturated rings. The van der Waals surface area contributed by atoms with E-state index in [4.69, 9.17) is 41.6 Å². The second kappa shape index (κ2) is 14.8. The second-order valence-corrected chi connectivity index (χ2v) is 11.3. The lowest BCUT2D eigenvalue weighted by Gasteiger charge is -2.27. The molecule has 0 radical (unpaired) electrons. The molecule has 2 aromatic carbocycles. The largest absolute Gasteiger partial charge is 0.462 e. The Hall–Kier alpha value is -3.50. The molecular formula is C31H42N5O6P. The summed E-state index contributed by atoms with van der Waals surface area (Å²) in [6.07, 6.45) is -0.825. The number of ether oxygens (including phenoxy) is 2. The average molecular weight is 621 g/mol. The summed E-state index contributed by atoms with van der Waals surface area (Å²) in [6, 6.07) is 11.7. The summed E-state index contributed by atoms with van der Waals surface area (Å²) in [5, 5.41) is 2.85. The smallest absolute Gasteiger partial charge is 0.459 e. The zero-order valence-corrected chi connectivity index (χ0v) is 24.9. The molecule has 3 atom stereocenters. The number of hydrogen-bond donors (Lipinski definition) is 2. The van der Waals surface area contributed by atoms with Gasteiger partial charge in [0, 0.05) is 24.3 Å². The first kappa shape index (κ1) is 22.1. The number of aromatic nitrogens is 3. The molecule has 0 saturated carbocycles. The topological polar surface area (TPSA) is 140 Å². The van der Waals surface area contributed by atoms with Crippen molar-refractivity contribution in [1.82, 2.24) is 19.6 Å². The molecule has 0 unspecified atom stereocenters. The van der Waals surface area contributed by atoms with Crippen molar-refractivity contribution in [1.29, 1.82) is 0 Å². The third-order valence-electron chi connectivity index (χ3n) is 6.48. The third-order valence-corrected chi connectivity index (χ3v) is 8.00. The van der Waals surface area contributed by atoms with Crippen LogP contribution in [0.5, 0.6) is 5.75 Å². The van der Waals surface area contributed by atoms with Gasteiger partial charge in [-0.1, -0.05) is 56.2 Å². The van der Waals surface area contributed by atoms with Crippen LogP contribution in [0.1, 0.15) is 77.9 Å². The number of hydrogen-bond acceptors (Lipinski definition) is 9. The van der Waals surface area contributed by atoms with E-state index in [1.807, 2.05) is 36.6 Å². The minimum absolute atomic E-state index is 0.0288. The Bertz CT molecular complexity index is 1860. The molecule has 0 spiro atoms. The minimum Gasteiger partial charge on any atom is -0.462 e. The van der Waals surface area contributed by atoms with Crippen LogP contribution in [0.25, 0.3) is 21.9 Å². The van der Waals surface area contributed by atoms with Gasteiger partial charge in [-0.3, -0.25) is 9.32 Å². The van der Waals surface area contributed by atoms with E-state index >= 15 is 0 Å². The van der Waals surface area contributed by atoms with Crippen LogP contribution >= 0.6 is 7.75 Å². The maximum absolute atomic E-state index is 14.6. The number of imidazole rings is 1. The van der Waals surface area contributed by atoms with Gasteiger partial charge in [-0.05, 0) is 52.1 Å². The summed E-state index contributed by atoms with van der Waals surface area (Å²) in [6.45, 7) is -6.19. The second-order valence-electron chi connectivity index (χ2n) is 9.62. The quantitative estimate of drug-likeness (QED) is 0.104. The number of pyridine rings is 1. The number of nitrogens with one attached hydrogen (secondary N) is 1. The van der Waals surface area contributed by atoms with E-state index in [1.54, 1.807) is 24.3 Å². The normalized spacial score (nSPS) is 18.5. The van der Waals surface area contributed by atoms with E-state index in [-0.39, 0.29) is 18.2 Å². The number of anilines is 1. The van der Waals surface area contributed by atoms with E-state index < -0.39 is 59.1 Å². The third kappa shape index (κ3) is 8.12. The average Bonchev–Trinajstić information content (AvgIpc) is 3.44.